The van der Waals surface area contributed by atoms with Crippen LogP contribution in [0.2, 0.25) is 0 Å². The lowest BCUT2D eigenvalue weighted by molar-refractivity contribution is 0.0790. The molecule has 3 atom stereocenters. The van der Waals surface area contributed by atoms with Gasteiger partial charge in [0.2, 0.25) is 0 Å². The van der Waals surface area contributed by atoms with Crippen LogP contribution in [0.15, 0.2) is 0 Å². The molecule has 0 fully saturated rings. The molecule has 6 nitrogen and oxygen atoms in total. The summed E-state index contributed by atoms with van der Waals surface area (Å²) in [4.78, 5) is 2.00. The van der Waals surface area contributed by atoms with Gasteiger partial charge < -0.3 is 9.63 Å². The summed E-state index contributed by atoms with van der Waals surface area (Å²) in [7, 11) is -0.401. The van der Waals surface area contributed by atoms with Gasteiger partial charge in [-0.05, 0) is 13.1 Å². The third-order valence-electron chi connectivity index (χ3n) is 2.06. The third kappa shape index (κ3) is 11.7. The van der Waals surface area contributed by atoms with Crippen LogP contribution in [0.3, 0.4) is 0 Å². The van der Waals surface area contributed by atoms with Gasteiger partial charge in [-0.1, -0.05) is 0 Å². The maximum Gasteiger partial charge on any atom is 0.264 e. The van der Waals surface area contributed by atoms with Crippen molar-refractivity contribution in [2.75, 3.05) is 45.5 Å². The normalized spacial score (nSPS) is 14.7. The Morgan fingerprint density at radius 2 is 2.17 bits per heavy atom. The lowest BCUT2D eigenvalue weighted by Crippen LogP contribution is -2.34. The lowest BCUT2D eigenvalue weighted by atomic mass is 10.3. The highest BCUT2D eigenvalue weighted by Gasteiger charge is 2.10. The molecule has 0 aliphatic heterocycles. The van der Waals surface area contributed by atoms with Crippen molar-refractivity contribution in [3.05, 3.63) is 0 Å². The van der Waals surface area contributed by atoms with Gasteiger partial charge in [-0.15, -0.1) is 9.24 Å². The minimum atomic E-state index is -3.36. The molecular formula is C9H23NO5P2S. The number of hydrogen-bond donors (Lipinski definition) is 1. The van der Waals surface area contributed by atoms with Gasteiger partial charge in [0.05, 0.1) is 25.6 Å². The minimum absolute atomic E-state index is 0.170. The Morgan fingerprint density at radius 1 is 1.50 bits per heavy atom. The maximum absolute atomic E-state index is 10.7. The van der Waals surface area contributed by atoms with Gasteiger partial charge >= 0.3 is 0 Å². The van der Waals surface area contributed by atoms with Crippen LogP contribution >= 0.6 is 18.0 Å². The van der Waals surface area contributed by atoms with E-state index in [9.17, 15) is 13.5 Å². The van der Waals surface area contributed by atoms with Gasteiger partial charge in [0.15, 0.2) is 0 Å². The summed E-state index contributed by atoms with van der Waals surface area (Å²) in [5.74, 6) is 0. The minimum Gasteiger partial charge on any atom is -0.389 e. The predicted octanol–water partition coefficient (Wildman–Crippen LogP) is 0.0881. The lowest BCUT2D eigenvalue weighted by Gasteiger charge is -2.23. The van der Waals surface area contributed by atoms with Crippen LogP contribution < -0.4 is 0 Å². The van der Waals surface area contributed by atoms with Crippen LogP contribution in [0, 0.1) is 0 Å². The fourth-order valence-electron chi connectivity index (χ4n) is 1.29. The predicted molar refractivity (Wildman–Crippen MR) is 77.8 cm³/mol. The standard InChI is InChI=1S/C9H23NO5P2S/c1-17-14-7-9(11)6-10(8-16)4-3-5-15-18(2,12)13/h9,11,17H,3-8,16H2,1-2H3/t9-/m0/s1. The van der Waals surface area contributed by atoms with Crippen molar-refractivity contribution in [1.29, 1.82) is 0 Å². The second-order valence-electron chi connectivity index (χ2n) is 3.81. The molecule has 0 radical (unpaired) electrons. The Kier molecular flexibility index (Phi) is 10.8. The zero-order chi connectivity index (χ0) is 14.0. The Morgan fingerprint density at radius 3 is 2.67 bits per heavy atom. The monoisotopic (exact) mass is 319 g/mol. The smallest absolute Gasteiger partial charge is 0.264 e. The van der Waals surface area contributed by atoms with Crippen molar-refractivity contribution in [1.82, 2.24) is 4.90 Å². The van der Waals surface area contributed by atoms with E-state index in [0.717, 1.165) is 6.26 Å². The molecule has 18 heavy (non-hydrogen) atoms. The van der Waals surface area contributed by atoms with Crippen molar-refractivity contribution in [2.24, 2.45) is 0 Å². The highest BCUT2D eigenvalue weighted by Crippen LogP contribution is 2.06. The Balaban J connectivity index is 3.76. The Labute approximate surface area is 114 Å². The highest BCUT2D eigenvalue weighted by molar-refractivity contribution is 7.85. The van der Waals surface area contributed by atoms with Crippen LogP contribution in [0.4, 0.5) is 0 Å². The van der Waals surface area contributed by atoms with Gasteiger partial charge in [-0.25, -0.2) is 0 Å². The topological polar surface area (TPSA) is 76.1 Å². The van der Waals surface area contributed by atoms with E-state index in [0.29, 0.717) is 41.2 Å². The molecule has 0 bridgehead atoms. The molecule has 0 rings (SSSR count). The first kappa shape index (κ1) is 18.7. The molecule has 9 heteroatoms. The number of hydrogen-bond acceptors (Lipinski definition) is 6. The van der Waals surface area contributed by atoms with Crippen molar-refractivity contribution in [3.8, 4) is 0 Å². The van der Waals surface area contributed by atoms with Crippen LogP contribution in [0.5, 0.6) is 0 Å². The fraction of sp³-hybridized carbons (Fsp3) is 1.00. The highest BCUT2D eigenvalue weighted by atomic mass is 32.2. The largest absolute Gasteiger partial charge is 0.389 e. The van der Waals surface area contributed by atoms with E-state index in [1.165, 1.54) is 0 Å². The number of rotatable bonds is 11. The van der Waals surface area contributed by atoms with Crippen LogP contribution in [-0.4, -0.2) is 70.0 Å². The molecule has 0 aliphatic carbocycles. The molecule has 0 aromatic heterocycles. The van der Waals surface area contributed by atoms with Crippen molar-refractivity contribution in [3.63, 3.8) is 0 Å². The summed E-state index contributed by atoms with van der Waals surface area (Å²) in [5, 5.41) is 9.67. The molecule has 0 saturated carbocycles. The second-order valence-corrected chi connectivity index (χ2v) is 6.51. The first-order valence-corrected chi connectivity index (χ1v) is 9.66. The molecule has 0 saturated heterocycles. The van der Waals surface area contributed by atoms with Crippen molar-refractivity contribution in [2.45, 2.75) is 12.5 Å². The zero-order valence-electron chi connectivity index (χ0n) is 10.8. The average Bonchev–Trinajstić information content (AvgIpc) is 2.29. The summed E-state index contributed by atoms with van der Waals surface area (Å²) < 4.78 is 31.3. The van der Waals surface area contributed by atoms with E-state index in [-0.39, 0.29) is 6.61 Å². The zero-order valence-corrected chi connectivity index (χ0v) is 13.8. The average molecular weight is 319 g/mol. The Bertz CT molecular complexity index is 301. The first-order chi connectivity index (χ1) is 8.39. The van der Waals surface area contributed by atoms with E-state index in [1.54, 1.807) is 0 Å². The Hall–Kier alpha value is 0.650. The molecule has 0 aliphatic rings. The molecule has 2 unspecified atom stereocenters. The molecule has 0 heterocycles. The first-order valence-electron chi connectivity index (χ1n) is 5.62. The summed E-state index contributed by atoms with van der Waals surface area (Å²) in [6, 6.07) is 0. The quantitative estimate of drug-likeness (QED) is 0.330. The molecule has 0 amide bonds. The molecule has 110 valence electrons. The van der Waals surface area contributed by atoms with E-state index in [1.807, 2.05) is 11.6 Å². The summed E-state index contributed by atoms with van der Waals surface area (Å²) in [6.07, 6.45) is 1.83. The maximum atomic E-state index is 10.7. The van der Waals surface area contributed by atoms with E-state index in [4.69, 9.17) is 4.52 Å². The van der Waals surface area contributed by atoms with Gasteiger partial charge in [0.25, 0.3) is 10.1 Å². The van der Waals surface area contributed by atoms with Gasteiger partial charge in [0.1, 0.15) is 0 Å². The van der Waals surface area contributed by atoms with Gasteiger partial charge in [0, 0.05) is 28.2 Å². The summed E-state index contributed by atoms with van der Waals surface area (Å²) >= 11 is 0. The number of aliphatic hydroxyl groups is 1. The van der Waals surface area contributed by atoms with Crippen LogP contribution in [-0.2, 0) is 18.8 Å². The van der Waals surface area contributed by atoms with Gasteiger partial charge in [-0.3, -0.25) is 9.08 Å². The SMILES string of the molecule is CPOC[C@@H](O)CN(CP)CCCOS(C)(=O)=O. The summed E-state index contributed by atoms with van der Waals surface area (Å²) in [5.41, 5.74) is 0. The van der Waals surface area contributed by atoms with Crippen LogP contribution in [0.1, 0.15) is 6.42 Å². The van der Waals surface area contributed by atoms with Crippen molar-refractivity contribution < 1.29 is 22.2 Å². The number of nitrogens with zero attached hydrogens (tertiary/aromatic N) is 1. The molecule has 0 aromatic carbocycles. The number of aliphatic hydroxyl groups excluding tert-OH is 1. The molecule has 1 N–H and O–H groups in total. The van der Waals surface area contributed by atoms with E-state index >= 15 is 0 Å². The molecule has 0 aromatic rings. The van der Waals surface area contributed by atoms with E-state index in [2.05, 4.69) is 13.4 Å². The second kappa shape index (κ2) is 10.4. The van der Waals surface area contributed by atoms with Crippen LogP contribution in [0.25, 0.3) is 0 Å². The van der Waals surface area contributed by atoms with Gasteiger partial charge in [-0.2, -0.15) is 8.42 Å². The molecule has 0 spiro atoms. The van der Waals surface area contributed by atoms with E-state index < -0.39 is 16.2 Å². The fourth-order valence-corrected chi connectivity index (χ4v) is 2.40. The summed E-state index contributed by atoms with van der Waals surface area (Å²) in [6.45, 7) is 3.58. The third-order valence-corrected chi connectivity index (χ3v) is 3.63. The van der Waals surface area contributed by atoms with Crippen molar-refractivity contribution >= 4 is 28.2 Å². The molecular weight excluding hydrogens is 296 g/mol.